The van der Waals surface area contributed by atoms with Crippen molar-refractivity contribution in [1.82, 2.24) is 5.43 Å². The smallest absolute Gasteiger partial charge is 0.0845 e. The fraction of sp³-hybridized carbons (Fsp3) is 1.00. The average Bonchev–Trinajstić information content (AvgIpc) is 2.28. The molecule has 0 bridgehead atoms. The summed E-state index contributed by atoms with van der Waals surface area (Å²) in [6.45, 7) is 11.6. The van der Waals surface area contributed by atoms with E-state index in [2.05, 4.69) is 33.1 Å². The molecule has 3 N–H and O–H groups in total. The molecule has 0 saturated heterocycles. The Kier molecular flexibility index (Phi) is 7.14. The summed E-state index contributed by atoms with van der Waals surface area (Å²) in [5.74, 6) is 6.22. The molecule has 0 saturated carbocycles. The van der Waals surface area contributed by atoms with Gasteiger partial charge in [-0.05, 0) is 25.7 Å². The molecule has 0 aliphatic heterocycles. The van der Waals surface area contributed by atoms with Gasteiger partial charge in [0.25, 0.3) is 0 Å². The minimum absolute atomic E-state index is 0.112. The highest BCUT2D eigenvalue weighted by atomic mass is 16.5. The number of nitrogens with one attached hydrogen (secondary N) is 1. The van der Waals surface area contributed by atoms with Crippen LogP contribution in [-0.4, -0.2) is 18.2 Å². The molecule has 0 aliphatic carbocycles. The van der Waals surface area contributed by atoms with Crippen molar-refractivity contribution in [3.8, 4) is 0 Å². The molecule has 0 heterocycles. The van der Waals surface area contributed by atoms with Crippen LogP contribution in [0.3, 0.4) is 0 Å². The number of nitrogens with two attached hydrogens (primary N) is 1. The Bertz CT molecular complexity index is 158. The van der Waals surface area contributed by atoms with Gasteiger partial charge < -0.3 is 4.74 Å². The van der Waals surface area contributed by atoms with Crippen molar-refractivity contribution in [1.29, 1.82) is 0 Å². The largest absolute Gasteiger partial charge is 0.374 e. The molecule has 0 aromatic rings. The molecule has 0 aromatic carbocycles. The van der Waals surface area contributed by atoms with Gasteiger partial charge in [-0.1, -0.05) is 34.1 Å². The SMILES string of the molecule is CCOC(CC)(CC)C(NN)C(C)CC. The maximum atomic E-state index is 5.96. The van der Waals surface area contributed by atoms with E-state index >= 15 is 0 Å². The zero-order valence-corrected chi connectivity index (χ0v) is 11.0. The van der Waals surface area contributed by atoms with Crippen LogP contribution in [0.2, 0.25) is 0 Å². The highest BCUT2D eigenvalue weighted by Crippen LogP contribution is 2.30. The first-order valence-corrected chi connectivity index (χ1v) is 6.21. The van der Waals surface area contributed by atoms with Gasteiger partial charge in [-0.15, -0.1) is 0 Å². The van der Waals surface area contributed by atoms with E-state index in [0.717, 1.165) is 25.9 Å². The van der Waals surface area contributed by atoms with E-state index in [-0.39, 0.29) is 11.6 Å². The normalized spacial score (nSPS) is 16.4. The van der Waals surface area contributed by atoms with Crippen molar-refractivity contribution >= 4 is 0 Å². The van der Waals surface area contributed by atoms with Crippen molar-refractivity contribution in [3.63, 3.8) is 0 Å². The summed E-state index contributed by atoms with van der Waals surface area (Å²) >= 11 is 0. The maximum Gasteiger partial charge on any atom is 0.0845 e. The van der Waals surface area contributed by atoms with Crippen molar-refractivity contribution in [2.75, 3.05) is 6.61 Å². The lowest BCUT2D eigenvalue weighted by molar-refractivity contribution is -0.0842. The fourth-order valence-electron chi connectivity index (χ4n) is 2.34. The zero-order chi connectivity index (χ0) is 11.9. The molecule has 0 amide bonds. The third kappa shape index (κ3) is 3.44. The molecule has 2 atom stereocenters. The topological polar surface area (TPSA) is 47.3 Å². The Balaban J connectivity index is 4.81. The minimum atomic E-state index is -0.112. The van der Waals surface area contributed by atoms with Gasteiger partial charge in [-0.25, -0.2) is 0 Å². The Morgan fingerprint density at radius 1 is 1.20 bits per heavy atom. The molecule has 92 valence electrons. The lowest BCUT2D eigenvalue weighted by atomic mass is 9.80. The average molecular weight is 216 g/mol. The number of rotatable bonds is 8. The Morgan fingerprint density at radius 2 is 1.73 bits per heavy atom. The van der Waals surface area contributed by atoms with E-state index in [4.69, 9.17) is 10.6 Å². The second-order valence-corrected chi connectivity index (χ2v) is 4.23. The highest BCUT2D eigenvalue weighted by molar-refractivity contribution is 4.93. The van der Waals surface area contributed by atoms with Crippen LogP contribution in [0.1, 0.15) is 53.9 Å². The molecular formula is C12H28N2O. The highest BCUT2D eigenvalue weighted by Gasteiger charge is 2.38. The van der Waals surface area contributed by atoms with E-state index in [1.165, 1.54) is 0 Å². The number of hydrogen-bond donors (Lipinski definition) is 2. The second kappa shape index (κ2) is 7.20. The molecule has 0 spiro atoms. The molecular weight excluding hydrogens is 188 g/mol. The maximum absolute atomic E-state index is 5.96. The van der Waals surface area contributed by atoms with Crippen molar-refractivity contribution in [3.05, 3.63) is 0 Å². The van der Waals surface area contributed by atoms with Crippen molar-refractivity contribution in [2.45, 2.75) is 65.5 Å². The zero-order valence-electron chi connectivity index (χ0n) is 11.0. The van der Waals surface area contributed by atoms with E-state index in [1.807, 2.05) is 6.92 Å². The molecule has 3 nitrogen and oxygen atoms in total. The third-order valence-corrected chi connectivity index (χ3v) is 3.59. The Labute approximate surface area is 94.7 Å². The first-order chi connectivity index (χ1) is 7.11. The summed E-state index contributed by atoms with van der Waals surface area (Å²) in [6, 6.07) is 0.234. The summed E-state index contributed by atoms with van der Waals surface area (Å²) in [4.78, 5) is 0. The second-order valence-electron chi connectivity index (χ2n) is 4.23. The van der Waals surface area contributed by atoms with Crippen LogP contribution in [0.5, 0.6) is 0 Å². The van der Waals surface area contributed by atoms with E-state index in [9.17, 15) is 0 Å². The molecule has 0 aromatic heterocycles. The van der Waals surface area contributed by atoms with Gasteiger partial charge >= 0.3 is 0 Å². The molecule has 0 radical (unpaired) electrons. The van der Waals surface area contributed by atoms with Crippen molar-refractivity contribution < 1.29 is 4.74 Å². The molecule has 2 unspecified atom stereocenters. The monoisotopic (exact) mass is 216 g/mol. The number of hydrazine groups is 1. The first-order valence-electron chi connectivity index (χ1n) is 6.21. The Morgan fingerprint density at radius 3 is 2.00 bits per heavy atom. The van der Waals surface area contributed by atoms with E-state index in [1.54, 1.807) is 0 Å². The number of hydrogen-bond acceptors (Lipinski definition) is 3. The van der Waals surface area contributed by atoms with Crippen LogP contribution < -0.4 is 11.3 Å². The minimum Gasteiger partial charge on any atom is -0.374 e. The van der Waals surface area contributed by atoms with Gasteiger partial charge in [-0.2, -0.15) is 0 Å². The van der Waals surface area contributed by atoms with E-state index in [0.29, 0.717) is 5.92 Å². The van der Waals surface area contributed by atoms with Gasteiger partial charge in [0.05, 0.1) is 11.6 Å². The van der Waals surface area contributed by atoms with Gasteiger partial charge in [0, 0.05) is 6.61 Å². The predicted octanol–water partition coefficient (Wildman–Crippen LogP) is 2.46. The summed E-state index contributed by atoms with van der Waals surface area (Å²) in [5, 5.41) is 0. The summed E-state index contributed by atoms with van der Waals surface area (Å²) in [7, 11) is 0. The lowest BCUT2D eigenvalue weighted by Crippen LogP contribution is -2.57. The van der Waals surface area contributed by atoms with Crippen LogP contribution in [0.25, 0.3) is 0 Å². The standard InChI is InChI=1S/C12H28N2O/c1-6-10(5)11(14-13)12(7-2,8-3)15-9-4/h10-11,14H,6-9,13H2,1-5H3. The third-order valence-electron chi connectivity index (χ3n) is 3.59. The van der Waals surface area contributed by atoms with Crippen LogP contribution in [0, 0.1) is 5.92 Å². The van der Waals surface area contributed by atoms with Gasteiger partial charge in [0.15, 0.2) is 0 Å². The van der Waals surface area contributed by atoms with E-state index < -0.39 is 0 Å². The van der Waals surface area contributed by atoms with Crippen LogP contribution >= 0.6 is 0 Å². The molecule has 0 aliphatic rings. The molecule has 15 heavy (non-hydrogen) atoms. The molecule has 0 rings (SSSR count). The predicted molar refractivity (Wildman–Crippen MR) is 65.5 cm³/mol. The lowest BCUT2D eigenvalue weighted by Gasteiger charge is -2.42. The summed E-state index contributed by atoms with van der Waals surface area (Å²) < 4.78 is 5.96. The molecule has 3 heteroatoms. The van der Waals surface area contributed by atoms with Crippen LogP contribution in [-0.2, 0) is 4.74 Å². The fourth-order valence-corrected chi connectivity index (χ4v) is 2.34. The van der Waals surface area contributed by atoms with Gasteiger partial charge in [0.2, 0.25) is 0 Å². The summed E-state index contributed by atoms with van der Waals surface area (Å²) in [5.41, 5.74) is 2.84. The summed E-state index contributed by atoms with van der Waals surface area (Å²) in [6.07, 6.45) is 3.11. The number of ether oxygens (including phenoxy) is 1. The first kappa shape index (κ1) is 14.9. The quantitative estimate of drug-likeness (QED) is 0.484. The van der Waals surface area contributed by atoms with Crippen LogP contribution in [0.4, 0.5) is 0 Å². The molecule has 0 fully saturated rings. The Hall–Kier alpha value is -0.120. The van der Waals surface area contributed by atoms with Crippen molar-refractivity contribution in [2.24, 2.45) is 11.8 Å². The van der Waals surface area contributed by atoms with Gasteiger partial charge in [0.1, 0.15) is 0 Å². The van der Waals surface area contributed by atoms with Crippen LogP contribution in [0.15, 0.2) is 0 Å². The van der Waals surface area contributed by atoms with Gasteiger partial charge in [-0.3, -0.25) is 11.3 Å².